The lowest BCUT2D eigenvalue weighted by molar-refractivity contribution is -0.124. The highest BCUT2D eigenvalue weighted by Gasteiger charge is 2.09. The molecular formula is C19H23N3O4. The van der Waals surface area contributed by atoms with Crippen molar-refractivity contribution in [2.75, 3.05) is 17.2 Å². The van der Waals surface area contributed by atoms with Crippen LogP contribution in [0.1, 0.15) is 37.2 Å². The van der Waals surface area contributed by atoms with Gasteiger partial charge >= 0.3 is 0 Å². The van der Waals surface area contributed by atoms with Crippen molar-refractivity contribution in [2.45, 2.75) is 26.7 Å². The van der Waals surface area contributed by atoms with E-state index in [-0.39, 0.29) is 30.0 Å². The Hall–Kier alpha value is -3.09. The molecule has 7 nitrogen and oxygen atoms in total. The van der Waals surface area contributed by atoms with Crippen molar-refractivity contribution in [3.63, 3.8) is 0 Å². The molecule has 1 aromatic carbocycles. The third-order valence-electron chi connectivity index (χ3n) is 3.57. The summed E-state index contributed by atoms with van der Waals surface area (Å²) in [6.45, 7) is 4.01. The largest absolute Gasteiger partial charge is 0.459 e. The molecule has 0 saturated heterocycles. The van der Waals surface area contributed by atoms with Crippen molar-refractivity contribution < 1.29 is 18.8 Å². The molecule has 0 aliphatic carbocycles. The highest BCUT2D eigenvalue weighted by atomic mass is 16.3. The molecule has 138 valence electrons. The second kappa shape index (κ2) is 9.41. The van der Waals surface area contributed by atoms with Crippen LogP contribution in [0.3, 0.4) is 0 Å². The predicted octanol–water partition coefficient (Wildman–Crippen LogP) is 3.02. The van der Waals surface area contributed by atoms with Crippen LogP contribution in [0, 0.1) is 5.92 Å². The number of furan rings is 1. The summed E-state index contributed by atoms with van der Waals surface area (Å²) in [6, 6.07) is 9.86. The van der Waals surface area contributed by atoms with Crippen LogP contribution in [0.25, 0.3) is 0 Å². The minimum atomic E-state index is -0.351. The Labute approximate surface area is 152 Å². The van der Waals surface area contributed by atoms with E-state index in [4.69, 9.17) is 4.42 Å². The molecule has 0 saturated carbocycles. The lowest BCUT2D eigenvalue weighted by atomic mass is 10.1. The molecule has 0 radical (unpaired) electrons. The van der Waals surface area contributed by atoms with Gasteiger partial charge in [0, 0.05) is 17.8 Å². The summed E-state index contributed by atoms with van der Waals surface area (Å²) in [6.07, 6.45) is 2.63. The fourth-order valence-electron chi connectivity index (χ4n) is 2.13. The first-order chi connectivity index (χ1) is 12.4. The summed E-state index contributed by atoms with van der Waals surface area (Å²) in [5.41, 5.74) is 1.15. The van der Waals surface area contributed by atoms with Crippen LogP contribution in [-0.4, -0.2) is 24.3 Å². The summed E-state index contributed by atoms with van der Waals surface area (Å²) in [5, 5.41) is 7.96. The first-order valence-electron chi connectivity index (χ1n) is 8.45. The van der Waals surface area contributed by atoms with Gasteiger partial charge in [0.15, 0.2) is 5.76 Å². The number of amides is 3. The van der Waals surface area contributed by atoms with Gasteiger partial charge in [-0.1, -0.05) is 13.8 Å². The SMILES string of the molecule is CC(C)CCC(=O)NCC(=O)Nc1ccc(NC(=O)c2ccco2)cc1. The Morgan fingerprint density at radius 2 is 1.62 bits per heavy atom. The van der Waals surface area contributed by atoms with Gasteiger partial charge in [0.05, 0.1) is 12.8 Å². The van der Waals surface area contributed by atoms with Crippen molar-refractivity contribution >= 4 is 29.1 Å². The van der Waals surface area contributed by atoms with Crippen molar-refractivity contribution in [1.29, 1.82) is 0 Å². The Kier molecular flexibility index (Phi) is 6.96. The Morgan fingerprint density at radius 1 is 0.962 bits per heavy atom. The van der Waals surface area contributed by atoms with E-state index < -0.39 is 0 Å². The average Bonchev–Trinajstić information content (AvgIpc) is 3.14. The van der Waals surface area contributed by atoms with E-state index in [1.165, 1.54) is 6.26 Å². The number of hydrogen-bond donors (Lipinski definition) is 3. The van der Waals surface area contributed by atoms with Gasteiger partial charge in [0.25, 0.3) is 5.91 Å². The fraction of sp³-hybridized carbons (Fsp3) is 0.316. The number of carbonyl (C=O) groups excluding carboxylic acids is 3. The van der Waals surface area contributed by atoms with Crippen LogP contribution < -0.4 is 16.0 Å². The van der Waals surface area contributed by atoms with Crippen LogP contribution in [0.4, 0.5) is 11.4 Å². The first-order valence-corrected chi connectivity index (χ1v) is 8.45. The first kappa shape index (κ1) is 19.2. The minimum absolute atomic E-state index is 0.0755. The summed E-state index contributed by atoms with van der Waals surface area (Å²) < 4.78 is 5.02. The molecule has 26 heavy (non-hydrogen) atoms. The maximum atomic E-state index is 11.9. The van der Waals surface area contributed by atoms with Gasteiger partial charge in [0.1, 0.15) is 0 Å². The quantitative estimate of drug-likeness (QED) is 0.676. The zero-order valence-electron chi connectivity index (χ0n) is 14.9. The maximum Gasteiger partial charge on any atom is 0.291 e. The second-order valence-corrected chi connectivity index (χ2v) is 6.27. The number of rotatable bonds is 8. The number of anilines is 2. The standard InChI is InChI=1S/C19H23N3O4/c1-13(2)5-10-17(23)20-12-18(24)21-14-6-8-15(9-7-14)22-19(25)16-4-3-11-26-16/h3-4,6-9,11,13H,5,10,12H2,1-2H3,(H,20,23)(H,21,24)(H,22,25). The van der Waals surface area contributed by atoms with E-state index in [1.54, 1.807) is 36.4 Å². The van der Waals surface area contributed by atoms with Gasteiger partial charge in [0.2, 0.25) is 11.8 Å². The van der Waals surface area contributed by atoms with E-state index in [0.29, 0.717) is 23.7 Å². The third-order valence-corrected chi connectivity index (χ3v) is 3.57. The van der Waals surface area contributed by atoms with E-state index in [2.05, 4.69) is 16.0 Å². The monoisotopic (exact) mass is 357 g/mol. The van der Waals surface area contributed by atoms with Crippen molar-refractivity contribution in [3.05, 3.63) is 48.4 Å². The van der Waals surface area contributed by atoms with Crippen molar-refractivity contribution in [2.24, 2.45) is 5.92 Å². The number of hydrogen-bond acceptors (Lipinski definition) is 4. The zero-order valence-corrected chi connectivity index (χ0v) is 14.9. The minimum Gasteiger partial charge on any atom is -0.459 e. The molecule has 1 aromatic heterocycles. The number of nitrogens with one attached hydrogen (secondary N) is 3. The molecule has 0 fully saturated rings. The van der Waals surface area contributed by atoms with E-state index in [0.717, 1.165) is 6.42 Å². The second-order valence-electron chi connectivity index (χ2n) is 6.27. The van der Waals surface area contributed by atoms with Gasteiger partial charge in [-0.2, -0.15) is 0 Å². The average molecular weight is 357 g/mol. The molecule has 3 N–H and O–H groups in total. The van der Waals surface area contributed by atoms with E-state index in [9.17, 15) is 14.4 Å². The molecule has 0 aliphatic rings. The van der Waals surface area contributed by atoms with Gasteiger partial charge in [-0.3, -0.25) is 14.4 Å². The van der Waals surface area contributed by atoms with Crippen LogP contribution in [0.15, 0.2) is 47.1 Å². The fourth-order valence-corrected chi connectivity index (χ4v) is 2.13. The van der Waals surface area contributed by atoms with Gasteiger partial charge in [-0.15, -0.1) is 0 Å². The molecule has 2 aromatic rings. The highest BCUT2D eigenvalue weighted by molar-refractivity contribution is 6.02. The van der Waals surface area contributed by atoms with Crippen LogP contribution in [-0.2, 0) is 9.59 Å². The lowest BCUT2D eigenvalue weighted by Gasteiger charge is -2.09. The number of benzene rings is 1. The Morgan fingerprint density at radius 3 is 2.19 bits per heavy atom. The van der Waals surface area contributed by atoms with Crippen molar-refractivity contribution in [1.82, 2.24) is 5.32 Å². The molecule has 0 spiro atoms. The normalized spacial score (nSPS) is 10.4. The molecule has 0 aliphatic heterocycles. The molecule has 0 bridgehead atoms. The highest BCUT2D eigenvalue weighted by Crippen LogP contribution is 2.14. The van der Waals surface area contributed by atoms with Crippen molar-refractivity contribution in [3.8, 4) is 0 Å². The van der Waals surface area contributed by atoms with Crippen LogP contribution >= 0.6 is 0 Å². The smallest absolute Gasteiger partial charge is 0.291 e. The molecule has 7 heteroatoms. The summed E-state index contributed by atoms with van der Waals surface area (Å²) in [7, 11) is 0. The van der Waals surface area contributed by atoms with Gasteiger partial charge in [-0.05, 0) is 48.7 Å². The predicted molar refractivity (Wildman–Crippen MR) is 98.8 cm³/mol. The van der Waals surface area contributed by atoms with E-state index >= 15 is 0 Å². The number of carbonyl (C=O) groups is 3. The molecule has 0 atom stereocenters. The molecule has 0 unspecified atom stereocenters. The lowest BCUT2D eigenvalue weighted by Crippen LogP contribution is -2.32. The molecule has 3 amide bonds. The third kappa shape index (κ3) is 6.43. The topological polar surface area (TPSA) is 100 Å². The zero-order chi connectivity index (χ0) is 18.9. The molecule has 1 heterocycles. The van der Waals surface area contributed by atoms with Gasteiger partial charge in [-0.25, -0.2) is 0 Å². The van der Waals surface area contributed by atoms with E-state index in [1.807, 2.05) is 13.8 Å². The van der Waals surface area contributed by atoms with Crippen LogP contribution in [0.5, 0.6) is 0 Å². The van der Waals surface area contributed by atoms with Gasteiger partial charge < -0.3 is 20.4 Å². The van der Waals surface area contributed by atoms with Crippen LogP contribution in [0.2, 0.25) is 0 Å². The summed E-state index contributed by atoms with van der Waals surface area (Å²) in [4.78, 5) is 35.3. The summed E-state index contributed by atoms with van der Waals surface area (Å²) in [5.74, 6) is -0.132. The maximum absolute atomic E-state index is 11.9. The summed E-state index contributed by atoms with van der Waals surface area (Å²) >= 11 is 0. The Bertz CT molecular complexity index is 737. The Balaban J connectivity index is 1.76. The molecule has 2 rings (SSSR count). The molecular weight excluding hydrogens is 334 g/mol.